The van der Waals surface area contributed by atoms with Gasteiger partial charge in [0.2, 0.25) is 5.95 Å². The van der Waals surface area contributed by atoms with Crippen LogP contribution in [0.3, 0.4) is 0 Å². The van der Waals surface area contributed by atoms with Crippen molar-refractivity contribution in [1.82, 2.24) is 9.97 Å². The molecule has 1 fully saturated rings. The average molecular weight is 510 g/mol. The number of aromatic nitrogens is 2. The number of fused-ring (bicyclic) bond motifs is 2. The number of hydrogen-bond donors (Lipinski definition) is 2. The molecule has 1 saturated heterocycles. The van der Waals surface area contributed by atoms with Crippen LogP contribution in [0.2, 0.25) is 0 Å². The summed E-state index contributed by atoms with van der Waals surface area (Å²) in [4.78, 5) is 36.1. The lowest BCUT2D eigenvalue weighted by molar-refractivity contribution is -0.132. The monoisotopic (exact) mass is 509 g/mol. The molecule has 0 spiro atoms. The van der Waals surface area contributed by atoms with E-state index in [1.165, 1.54) is 16.0 Å². The lowest BCUT2D eigenvalue weighted by atomic mass is 9.89. The molecule has 1 amide bonds. The van der Waals surface area contributed by atoms with Gasteiger partial charge in [0.1, 0.15) is 17.3 Å². The first-order chi connectivity index (χ1) is 18.5. The van der Waals surface area contributed by atoms with Crippen LogP contribution in [0, 0.1) is 0 Å². The SMILES string of the molecule is COc1ccc(C2/C(=C(\O)c3ccc4c(c3)CCCC4)C(=O)C(=O)N2c2nc3ccc(OC)cc3[nH]2)cc1. The van der Waals surface area contributed by atoms with Crippen molar-refractivity contribution in [3.05, 3.63) is 88.5 Å². The predicted octanol–water partition coefficient (Wildman–Crippen LogP) is 5.09. The van der Waals surface area contributed by atoms with E-state index in [1.807, 2.05) is 18.2 Å². The van der Waals surface area contributed by atoms with Crippen LogP contribution >= 0.6 is 0 Å². The van der Waals surface area contributed by atoms with E-state index in [2.05, 4.69) is 9.97 Å². The number of aromatic amines is 1. The maximum absolute atomic E-state index is 13.5. The minimum atomic E-state index is -0.889. The highest BCUT2D eigenvalue weighted by molar-refractivity contribution is 6.51. The number of ether oxygens (including phenoxy) is 2. The Kier molecular flexibility index (Phi) is 5.87. The van der Waals surface area contributed by atoms with Crippen LogP contribution in [0.25, 0.3) is 16.8 Å². The van der Waals surface area contributed by atoms with E-state index >= 15 is 0 Å². The Balaban J connectivity index is 1.52. The second-order valence-corrected chi connectivity index (χ2v) is 9.58. The number of ketones is 1. The lowest BCUT2D eigenvalue weighted by Gasteiger charge is -2.23. The van der Waals surface area contributed by atoms with Crippen LogP contribution in [-0.4, -0.2) is 41.0 Å². The predicted molar refractivity (Wildman–Crippen MR) is 144 cm³/mol. The van der Waals surface area contributed by atoms with Gasteiger partial charge in [0.15, 0.2) is 0 Å². The number of aryl methyl sites for hydroxylation is 2. The minimum Gasteiger partial charge on any atom is -0.507 e. The molecule has 1 aliphatic heterocycles. The Labute approximate surface area is 219 Å². The van der Waals surface area contributed by atoms with Crippen molar-refractivity contribution in [3.8, 4) is 11.5 Å². The number of anilines is 1. The molecule has 8 nitrogen and oxygen atoms in total. The summed E-state index contributed by atoms with van der Waals surface area (Å²) in [6, 6.07) is 17.3. The molecule has 3 aromatic carbocycles. The van der Waals surface area contributed by atoms with Crippen molar-refractivity contribution in [2.75, 3.05) is 19.1 Å². The second kappa shape index (κ2) is 9.37. The fraction of sp³-hybridized carbons (Fsp3) is 0.233. The summed E-state index contributed by atoms with van der Waals surface area (Å²) in [5, 5.41) is 11.5. The molecule has 1 aliphatic carbocycles. The number of hydrogen-bond acceptors (Lipinski definition) is 6. The standard InChI is InChI=1S/C30H27N3O5/c1-37-21-11-9-18(10-12-21)26-25(27(34)20-8-7-17-5-3-4-6-19(17)15-20)28(35)29(36)33(26)30-31-23-14-13-22(38-2)16-24(23)32-30/h7-16,26,34H,3-6H2,1-2H3,(H,31,32)/b27-25+. The van der Waals surface area contributed by atoms with Gasteiger partial charge in [0.05, 0.1) is 36.9 Å². The number of nitrogens with zero attached hydrogens (tertiary/aromatic N) is 2. The van der Waals surface area contributed by atoms with Gasteiger partial charge < -0.3 is 19.6 Å². The van der Waals surface area contributed by atoms with Crippen molar-refractivity contribution in [2.24, 2.45) is 0 Å². The highest BCUT2D eigenvalue weighted by atomic mass is 16.5. The van der Waals surface area contributed by atoms with Crippen molar-refractivity contribution in [3.63, 3.8) is 0 Å². The van der Waals surface area contributed by atoms with Crippen LogP contribution in [0.4, 0.5) is 5.95 Å². The second-order valence-electron chi connectivity index (χ2n) is 9.58. The minimum absolute atomic E-state index is 0.0222. The number of benzene rings is 3. The van der Waals surface area contributed by atoms with Gasteiger partial charge in [-0.05, 0) is 72.7 Å². The molecule has 1 atom stereocenters. The Hall–Kier alpha value is -4.59. The third kappa shape index (κ3) is 3.89. The maximum atomic E-state index is 13.5. The van der Waals surface area contributed by atoms with E-state index in [-0.39, 0.29) is 17.3 Å². The molecule has 2 heterocycles. The molecule has 1 unspecified atom stereocenters. The Morgan fingerprint density at radius 2 is 1.63 bits per heavy atom. The first kappa shape index (κ1) is 23.8. The van der Waals surface area contributed by atoms with Crippen LogP contribution in [0.1, 0.15) is 41.1 Å². The number of nitrogens with one attached hydrogen (secondary N) is 1. The highest BCUT2D eigenvalue weighted by Gasteiger charge is 2.48. The van der Waals surface area contributed by atoms with E-state index in [9.17, 15) is 14.7 Å². The molecule has 192 valence electrons. The number of carbonyl (C=O) groups excluding carboxylic acids is 2. The number of H-pyrrole nitrogens is 1. The van der Waals surface area contributed by atoms with E-state index in [0.717, 1.165) is 25.7 Å². The third-order valence-corrected chi connectivity index (χ3v) is 7.40. The van der Waals surface area contributed by atoms with E-state index in [4.69, 9.17) is 9.47 Å². The zero-order valence-electron chi connectivity index (χ0n) is 21.2. The third-order valence-electron chi connectivity index (χ3n) is 7.40. The Morgan fingerprint density at radius 3 is 2.37 bits per heavy atom. The summed E-state index contributed by atoms with van der Waals surface area (Å²) in [7, 11) is 3.14. The van der Waals surface area contributed by atoms with Gasteiger partial charge in [0, 0.05) is 11.6 Å². The fourth-order valence-corrected chi connectivity index (χ4v) is 5.41. The van der Waals surface area contributed by atoms with Crippen molar-refractivity contribution >= 4 is 34.4 Å². The van der Waals surface area contributed by atoms with Gasteiger partial charge in [-0.3, -0.25) is 14.5 Å². The summed E-state index contributed by atoms with van der Waals surface area (Å²) < 4.78 is 10.6. The molecular weight excluding hydrogens is 482 g/mol. The van der Waals surface area contributed by atoms with Gasteiger partial charge in [-0.2, -0.15) is 0 Å². The molecule has 2 N–H and O–H groups in total. The summed E-state index contributed by atoms with van der Waals surface area (Å²) in [5.41, 5.74) is 4.89. The molecule has 0 bridgehead atoms. The largest absolute Gasteiger partial charge is 0.507 e. The van der Waals surface area contributed by atoms with Crippen LogP contribution in [-0.2, 0) is 22.4 Å². The number of methoxy groups -OCH3 is 2. The van der Waals surface area contributed by atoms with Gasteiger partial charge in [-0.25, -0.2) is 4.98 Å². The van der Waals surface area contributed by atoms with Gasteiger partial charge >= 0.3 is 5.91 Å². The average Bonchev–Trinajstić information content (AvgIpc) is 3.49. The number of aliphatic hydroxyl groups excluding tert-OH is 1. The smallest absolute Gasteiger partial charge is 0.302 e. The number of carbonyl (C=O) groups is 2. The summed E-state index contributed by atoms with van der Waals surface area (Å²) in [6.45, 7) is 0. The molecule has 0 radical (unpaired) electrons. The van der Waals surface area contributed by atoms with Gasteiger partial charge in [-0.1, -0.05) is 24.3 Å². The normalized spacial score (nSPS) is 18.6. The Morgan fingerprint density at radius 1 is 0.921 bits per heavy atom. The zero-order valence-corrected chi connectivity index (χ0v) is 21.2. The highest BCUT2D eigenvalue weighted by Crippen LogP contribution is 2.42. The van der Waals surface area contributed by atoms with Crippen molar-refractivity contribution in [2.45, 2.75) is 31.7 Å². The quantitative estimate of drug-likeness (QED) is 0.221. The lowest BCUT2D eigenvalue weighted by Crippen LogP contribution is -2.30. The number of rotatable bonds is 5. The van der Waals surface area contributed by atoms with E-state index in [0.29, 0.717) is 33.7 Å². The van der Waals surface area contributed by atoms with Gasteiger partial charge in [-0.15, -0.1) is 0 Å². The molecule has 8 heteroatoms. The summed E-state index contributed by atoms with van der Waals surface area (Å²) >= 11 is 0. The number of amides is 1. The number of Topliss-reactive ketones (excluding diaryl/α,β-unsaturated/α-hetero) is 1. The molecule has 4 aromatic rings. The van der Waals surface area contributed by atoms with Crippen molar-refractivity contribution < 1.29 is 24.2 Å². The zero-order chi connectivity index (χ0) is 26.4. The van der Waals surface area contributed by atoms with Crippen LogP contribution < -0.4 is 14.4 Å². The molecule has 38 heavy (non-hydrogen) atoms. The van der Waals surface area contributed by atoms with Gasteiger partial charge in [0.25, 0.3) is 5.78 Å². The molecule has 0 saturated carbocycles. The van der Waals surface area contributed by atoms with E-state index in [1.54, 1.807) is 56.7 Å². The van der Waals surface area contributed by atoms with Crippen LogP contribution in [0.15, 0.2) is 66.2 Å². The molecule has 1 aromatic heterocycles. The fourth-order valence-electron chi connectivity index (χ4n) is 5.41. The van der Waals surface area contributed by atoms with Crippen molar-refractivity contribution in [1.29, 1.82) is 0 Å². The topological polar surface area (TPSA) is 105 Å². The molecule has 2 aliphatic rings. The first-order valence-corrected chi connectivity index (χ1v) is 12.6. The maximum Gasteiger partial charge on any atom is 0.302 e. The number of imidazole rings is 1. The first-order valence-electron chi connectivity index (χ1n) is 12.6. The number of aliphatic hydroxyl groups is 1. The van der Waals surface area contributed by atoms with E-state index < -0.39 is 17.7 Å². The summed E-state index contributed by atoms with van der Waals surface area (Å²) in [5.74, 6) is -0.251. The van der Waals surface area contributed by atoms with Crippen LogP contribution in [0.5, 0.6) is 11.5 Å². The molecule has 6 rings (SSSR count). The Bertz CT molecular complexity index is 1600. The molecular formula is C30H27N3O5. The summed E-state index contributed by atoms with van der Waals surface area (Å²) in [6.07, 6.45) is 4.16.